The number of carbonyl (C=O) groups is 2. The molecule has 0 saturated carbocycles. The number of hydrogen-bond acceptors (Lipinski definition) is 4. The van der Waals surface area contributed by atoms with Gasteiger partial charge in [0.05, 0.1) is 12.1 Å². The Kier molecular flexibility index (Phi) is 5.31. The lowest BCUT2D eigenvalue weighted by Crippen LogP contribution is -2.47. The van der Waals surface area contributed by atoms with Crippen LogP contribution in [0, 0.1) is 18.6 Å². The summed E-state index contributed by atoms with van der Waals surface area (Å²) < 4.78 is 43.6. The summed E-state index contributed by atoms with van der Waals surface area (Å²) >= 11 is 0. The van der Waals surface area contributed by atoms with Gasteiger partial charge in [0.15, 0.2) is 11.4 Å². The SMILES string of the molecule is Cc1cc(F)c(CNC(=O)c2cn3c(c(O)c2=O)C(=O)N2C[C@@H]3CC(F)=C[C@@H]2C)c(F)c1. The fourth-order valence-electron chi connectivity index (χ4n) is 4.14. The molecule has 2 amide bonds. The topological polar surface area (TPSA) is 91.6 Å². The molecule has 0 aliphatic carbocycles. The molecule has 0 fully saturated rings. The van der Waals surface area contributed by atoms with Crippen LogP contribution in [0.4, 0.5) is 13.2 Å². The maximum atomic E-state index is 14.2. The van der Waals surface area contributed by atoms with E-state index in [4.69, 9.17) is 0 Å². The third-order valence-corrected chi connectivity index (χ3v) is 5.77. The number of rotatable bonds is 3. The van der Waals surface area contributed by atoms with Crippen LogP contribution in [-0.2, 0) is 6.54 Å². The van der Waals surface area contributed by atoms with Crippen LogP contribution in [0.5, 0.6) is 5.75 Å². The molecule has 7 nitrogen and oxygen atoms in total. The van der Waals surface area contributed by atoms with Crippen LogP contribution in [0.3, 0.4) is 0 Å². The number of carbonyl (C=O) groups excluding carboxylic acids is 2. The van der Waals surface area contributed by atoms with E-state index in [1.807, 2.05) is 0 Å². The van der Waals surface area contributed by atoms with E-state index in [0.717, 1.165) is 18.3 Å². The molecule has 0 saturated heterocycles. The number of halogens is 3. The third kappa shape index (κ3) is 3.55. The second kappa shape index (κ2) is 7.85. The van der Waals surface area contributed by atoms with Gasteiger partial charge in [0, 0.05) is 31.3 Å². The summed E-state index contributed by atoms with van der Waals surface area (Å²) in [7, 11) is 0. The van der Waals surface area contributed by atoms with Crippen molar-refractivity contribution in [3.8, 4) is 5.75 Å². The predicted octanol–water partition coefficient (Wildman–Crippen LogP) is 2.71. The molecule has 0 spiro atoms. The highest BCUT2D eigenvalue weighted by Gasteiger charge is 2.39. The molecular formula is C22H20F3N3O4. The molecule has 3 heterocycles. The first kappa shape index (κ1) is 21.7. The summed E-state index contributed by atoms with van der Waals surface area (Å²) in [5.41, 5.74) is -1.98. The molecule has 2 aromatic rings. The molecule has 2 N–H and O–H groups in total. The fourth-order valence-corrected chi connectivity index (χ4v) is 4.14. The van der Waals surface area contributed by atoms with Gasteiger partial charge in [-0.3, -0.25) is 14.4 Å². The van der Waals surface area contributed by atoms with Gasteiger partial charge in [-0.05, 0) is 37.6 Å². The fraction of sp³-hybridized carbons (Fsp3) is 0.318. The van der Waals surface area contributed by atoms with Crippen molar-refractivity contribution in [3.63, 3.8) is 0 Å². The molecule has 32 heavy (non-hydrogen) atoms. The standard InChI is InChI=1S/C22H20F3N3O4/c1-10-3-16(24)14(17(25)4-10)7-26-21(31)15-9-28-13-6-12(23)5-11(2)27(8-13)22(32)18(28)20(30)19(15)29/h3-5,9,11,13,30H,6-8H2,1-2H3,(H,26,31)/t11-,13-/m0/s1. The van der Waals surface area contributed by atoms with Crippen molar-refractivity contribution in [1.82, 2.24) is 14.8 Å². The summed E-state index contributed by atoms with van der Waals surface area (Å²) in [5.74, 6) is -4.75. The van der Waals surface area contributed by atoms with Crippen molar-refractivity contribution in [2.75, 3.05) is 6.54 Å². The average Bonchev–Trinajstić information content (AvgIpc) is 2.83. The molecule has 1 aromatic heterocycles. The van der Waals surface area contributed by atoms with Crippen LogP contribution in [0.15, 0.2) is 35.0 Å². The van der Waals surface area contributed by atoms with Crippen LogP contribution >= 0.6 is 0 Å². The van der Waals surface area contributed by atoms with Gasteiger partial charge in [0.25, 0.3) is 11.8 Å². The normalized spacial score (nSPS) is 19.8. The van der Waals surface area contributed by atoms with Crippen molar-refractivity contribution >= 4 is 11.8 Å². The van der Waals surface area contributed by atoms with Crippen LogP contribution in [0.1, 0.15) is 51.4 Å². The Hall–Kier alpha value is -3.56. The van der Waals surface area contributed by atoms with E-state index >= 15 is 0 Å². The zero-order chi connectivity index (χ0) is 23.3. The minimum atomic E-state index is -1.10. The Balaban J connectivity index is 1.70. The molecule has 4 rings (SSSR count). The second-order valence-electron chi connectivity index (χ2n) is 8.04. The summed E-state index contributed by atoms with van der Waals surface area (Å²) in [6.07, 6.45) is 2.28. The zero-order valence-corrected chi connectivity index (χ0v) is 17.3. The van der Waals surface area contributed by atoms with Crippen LogP contribution < -0.4 is 10.7 Å². The highest BCUT2D eigenvalue weighted by molar-refractivity contribution is 5.99. The number of aromatic nitrogens is 1. The molecule has 2 aliphatic heterocycles. The van der Waals surface area contributed by atoms with Gasteiger partial charge in [-0.1, -0.05) is 0 Å². The summed E-state index contributed by atoms with van der Waals surface area (Å²) in [6, 6.07) is 1.000. The highest BCUT2D eigenvalue weighted by atomic mass is 19.1. The van der Waals surface area contributed by atoms with E-state index in [-0.39, 0.29) is 24.2 Å². The first-order chi connectivity index (χ1) is 15.1. The number of fused-ring (bicyclic) bond motifs is 4. The molecule has 2 aliphatic rings. The molecule has 10 heteroatoms. The average molecular weight is 447 g/mol. The lowest BCUT2D eigenvalue weighted by Gasteiger charge is -2.36. The van der Waals surface area contributed by atoms with Crippen LogP contribution in [0.2, 0.25) is 0 Å². The predicted molar refractivity (Wildman–Crippen MR) is 108 cm³/mol. The van der Waals surface area contributed by atoms with Crippen molar-refractivity contribution < 1.29 is 27.9 Å². The zero-order valence-electron chi connectivity index (χ0n) is 17.3. The van der Waals surface area contributed by atoms with Gasteiger partial charge < -0.3 is 19.9 Å². The van der Waals surface area contributed by atoms with E-state index in [1.54, 1.807) is 6.92 Å². The first-order valence-electron chi connectivity index (χ1n) is 9.96. The number of nitrogens with zero attached hydrogens (tertiary/aromatic N) is 2. The van der Waals surface area contributed by atoms with E-state index in [1.165, 1.54) is 22.5 Å². The molecule has 0 unspecified atom stereocenters. The summed E-state index contributed by atoms with van der Waals surface area (Å²) in [5, 5.41) is 12.7. The van der Waals surface area contributed by atoms with Gasteiger partial charge in [0.1, 0.15) is 23.0 Å². The van der Waals surface area contributed by atoms with Crippen molar-refractivity contribution in [2.45, 2.75) is 38.9 Å². The number of hydrogen-bond donors (Lipinski definition) is 2. The lowest BCUT2D eigenvalue weighted by molar-refractivity contribution is 0.0629. The highest BCUT2D eigenvalue weighted by Crippen LogP contribution is 2.34. The maximum absolute atomic E-state index is 14.2. The van der Waals surface area contributed by atoms with Gasteiger partial charge in [-0.15, -0.1) is 0 Å². The number of aryl methyl sites for hydroxylation is 1. The van der Waals surface area contributed by atoms with Gasteiger partial charge in [0.2, 0.25) is 5.43 Å². The van der Waals surface area contributed by atoms with Gasteiger partial charge in [-0.2, -0.15) is 0 Å². The lowest BCUT2D eigenvalue weighted by atomic mass is 10.1. The van der Waals surface area contributed by atoms with E-state index in [2.05, 4.69) is 5.32 Å². The van der Waals surface area contributed by atoms with Crippen LogP contribution in [-0.4, -0.2) is 39.0 Å². The van der Waals surface area contributed by atoms with Crippen LogP contribution in [0.25, 0.3) is 0 Å². The summed E-state index contributed by atoms with van der Waals surface area (Å²) in [4.78, 5) is 39.5. The van der Waals surface area contributed by atoms with Gasteiger partial charge >= 0.3 is 0 Å². The van der Waals surface area contributed by atoms with Gasteiger partial charge in [-0.25, -0.2) is 13.2 Å². The van der Waals surface area contributed by atoms with E-state index < -0.39 is 64.6 Å². The molecule has 2 bridgehead atoms. The Morgan fingerprint density at radius 2 is 1.88 bits per heavy atom. The first-order valence-corrected chi connectivity index (χ1v) is 9.96. The minimum Gasteiger partial charge on any atom is -0.503 e. The molecule has 0 radical (unpaired) electrons. The van der Waals surface area contributed by atoms with E-state index in [9.17, 15) is 32.7 Å². The largest absolute Gasteiger partial charge is 0.503 e. The smallest absolute Gasteiger partial charge is 0.275 e. The number of benzene rings is 1. The molecule has 2 atom stereocenters. The number of amides is 2. The Morgan fingerprint density at radius 3 is 2.53 bits per heavy atom. The Labute approximate surface area is 180 Å². The summed E-state index contributed by atoms with van der Waals surface area (Å²) in [6.45, 7) is 2.72. The number of nitrogens with one attached hydrogen (secondary N) is 1. The quantitative estimate of drug-likeness (QED) is 0.757. The Morgan fingerprint density at radius 1 is 1.22 bits per heavy atom. The molecule has 1 aromatic carbocycles. The molecule has 168 valence electrons. The van der Waals surface area contributed by atoms with Crippen molar-refractivity contribution in [2.24, 2.45) is 0 Å². The number of allylic oxidation sites excluding steroid dienone is 1. The third-order valence-electron chi connectivity index (χ3n) is 5.77. The number of aromatic hydroxyl groups is 1. The van der Waals surface area contributed by atoms with E-state index in [0.29, 0.717) is 5.56 Å². The molecular weight excluding hydrogens is 427 g/mol. The second-order valence-corrected chi connectivity index (χ2v) is 8.04. The monoisotopic (exact) mass is 447 g/mol. The van der Waals surface area contributed by atoms with Crippen molar-refractivity contribution in [3.05, 3.63) is 74.5 Å². The van der Waals surface area contributed by atoms with Crippen molar-refractivity contribution in [1.29, 1.82) is 0 Å². The Bertz CT molecular complexity index is 1210. The maximum Gasteiger partial charge on any atom is 0.275 e. The number of pyridine rings is 1. The minimum absolute atomic E-state index is 0.0930.